The summed E-state index contributed by atoms with van der Waals surface area (Å²) < 4.78 is 15.4. The van der Waals surface area contributed by atoms with Gasteiger partial charge in [0.15, 0.2) is 0 Å². The largest absolute Gasteiger partial charge is 0.342 e. The summed E-state index contributed by atoms with van der Waals surface area (Å²) in [5.41, 5.74) is 2.94. The van der Waals surface area contributed by atoms with Gasteiger partial charge in [-0.15, -0.1) is 11.8 Å². The highest BCUT2D eigenvalue weighted by Gasteiger charge is 2.12. The van der Waals surface area contributed by atoms with Crippen LogP contribution in [-0.4, -0.2) is 16.2 Å². The molecule has 1 amide bonds. The second kappa shape index (κ2) is 8.89. The number of carbonyl (C=O) groups excluding carboxylic acids is 1. The van der Waals surface area contributed by atoms with Crippen molar-refractivity contribution in [3.05, 3.63) is 109 Å². The molecule has 0 saturated heterocycles. The number of para-hydroxylation sites is 1. The molecular formula is C27H21FN2OS. The van der Waals surface area contributed by atoms with Gasteiger partial charge >= 0.3 is 0 Å². The van der Waals surface area contributed by atoms with E-state index in [9.17, 15) is 9.18 Å². The van der Waals surface area contributed by atoms with Crippen LogP contribution in [0.15, 0.2) is 102 Å². The fourth-order valence-corrected chi connectivity index (χ4v) is 4.80. The van der Waals surface area contributed by atoms with Gasteiger partial charge in [-0.25, -0.2) is 4.39 Å². The lowest BCUT2D eigenvalue weighted by atomic mass is 10.1. The number of rotatable bonds is 6. The topological polar surface area (TPSA) is 34.0 Å². The number of nitrogens with one attached hydrogen (secondary N) is 1. The molecule has 1 heterocycles. The molecule has 0 fully saturated rings. The second-order valence-corrected chi connectivity index (χ2v) is 8.65. The first-order valence-corrected chi connectivity index (χ1v) is 11.4. The number of nitrogens with zero attached hydrogens (tertiary/aromatic N) is 1. The number of halogens is 1. The number of aromatic nitrogens is 1. The lowest BCUT2D eigenvalue weighted by Crippen LogP contribution is -2.14. The SMILES string of the molecule is O=C(CSc1cn(Cc2ccc(F)cc2)c2ccccc12)Nc1cccc2ccccc12. The standard InChI is InChI=1S/C27H21FN2OS/c28-21-14-12-19(13-15-21)16-30-17-26(23-9-3-4-11-25(23)30)32-18-27(31)29-24-10-5-7-20-6-1-2-8-22(20)24/h1-15,17H,16,18H2,(H,29,31). The molecule has 5 rings (SSSR count). The van der Waals surface area contributed by atoms with Crippen LogP contribution in [0.3, 0.4) is 0 Å². The zero-order valence-corrected chi connectivity index (χ0v) is 18.1. The van der Waals surface area contributed by atoms with Crippen LogP contribution in [0.25, 0.3) is 21.7 Å². The smallest absolute Gasteiger partial charge is 0.234 e. The average molecular weight is 441 g/mol. The summed E-state index contributed by atoms with van der Waals surface area (Å²) in [6.45, 7) is 0.642. The van der Waals surface area contributed by atoms with E-state index in [0.29, 0.717) is 12.3 Å². The Morgan fingerprint density at radius 3 is 2.41 bits per heavy atom. The van der Waals surface area contributed by atoms with Gasteiger partial charge in [0.25, 0.3) is 0 Å². The van der Waals surface area contributed by atoms with Crippen molar-refractivity contribution in [2.75, 3.05) is 11.1 Å². The van der Waals surface area contributed by atoms with Gasteiger partial charge in [0.1, 0.15) is 5.82 Å². The van der Waals surface area contributed by atoms with Crippen molar-refractivity contribution in [3.8, 4) is 0 Å². The zero-order chi connectivity index (χ0) is 21.9. The number of fused-ring (bicyclic) bond motifs is 2. The molecule has 1 N–H and O–H groups in total. The Morgan fingerprint density at radius 1 is 0.844 bits per heavy atom. The molecule has 1 aromatic heterocycles. The normalized spacial score (nSPS) is 11.2. The third-order valence-electron chi connectivity index (χ3n) is 5.44. The van der Waals surface area contributed by atoms with Crippen LogP contribution in [0.2, 0.25) is 0 Å². The maximum absolute atomic E-state index is 13.3. The Bertz CT molecular complexity index is 1400. The average Bonchev–Trinajstić information content (AvgIpc) is 3.17. The highest BCUT2D eigenvalue weighted by Crippen LogP contribution is 2.31. The molecule has 5 aromatic rings. The van der Waals surface area contributed by atoms with Crippen molar-refractivity contribution in [2.24, 2.45) is 0 Å². The molecule has 0 radical (unpaired) electrons. The van der Waals surface area contributed by atoms with Crippen molar-refractivity contribution in [1.82, 2.24) is 4.57 Å². The van der Waals surface area contributed by atoms with E-state index in [0.717, 1.165) is 37.8 Å². The molecule has 0 aliphatic rings. The molecule has 0 spiro atoms. The first-order valence-electron chi connectivity index (χ1n) is 10.4. The molecule has 0 aliphatic carbocycles. The predicted molar refractivity (Wildman–Crippen MR) is 131 cm³/mol. The van der Waals surface area contributed by atoms with Gasteiger partial charge in [0.05, 0.1) is 5.75 Å². The van der Waals surface area contributed by atoms with E-state index in [4.69, 9.17) is 0 Å². The summed E-state index contributed by atoms with van der Waals surface area (Å²) >= 11 is 1.52. The third-order valence-corrected chi connectivity index (χ3v) is 6.48. The Kier molecular flexibility index (Phi) is 5.65. The Balaban J connectivity index is 1.34. The second-order valence-electron chi connectivity index (χ2n) is 7.63. The molecule has 0 unspecified atom stereocenters. The van der Waals surface area contributed by atoms with Gasteiger partial charge in [-0.05, 0) is 35.2 Å². The van der Waals surface area contributed by atoms with Gasteiger partial charge in [0, 0.05) is 39.6 Å². The van der Waals surface area contributed by atoms with Crippen molar-refractivity contribution < 1.29 is 9.18 Å². The first kappa shape index (κ1) is 20.3. The minimum atomic E-state index is -0.237. The summed E-state index contributed by atoms with van der Waals surface area (Å²) in [5.74, 6) is 0.0367. The van der Waals surface area contributed by atoms with Crippen LogP contribution in [0.1, 0.15) is 5.56 Å². The van der Waals surface area contributed by atoms with Crippen molar-refractivity contribution in [2.45, 2.75) is 11.4 Å². The summed E-state index contributed by atoms with van der Waals surface area (Å²) in [4.78, 5) is 13.8. The van der Waals surface area contributed by atoms with Gasteiger partial charge < -0.3 is 9.88 Å². The number of benzene rings is 4. The minimum absolute atomic E-state index is 0.0401. The van der Waals surface area contributed by atoms with Crippen LogP contribution < -0.4 is 5.32 Å². The van der Waals surface area contributed by atoms with E-state index in [2.05, 4.69) is 28.2 Å². The number of amides is 1. The molecule has 0 saturated carbocycles. The van der Waals surface area contributed by atoms with Crippen LogP contribution in [0.5, 0.6) is 0 Å². The van der Waals surface area contributed by atoms with Gasteiger partial charge in [-0.1, -0.05) is 66.7 Å². The van der Waals surface area contributed by atoms with Crippen molar-refractivity contribution in [1.29, 1.82) is 0 Å². The van der Waals surface area contributed by atoms with E-state index < -0.39 is 0 Å². The van der Waals surface area contributed by atoms with Gasteiger partial charge in [-0.2, -0.15) is 0 Å². The fourth-order valence-electron chi connectivity index (χ4n) is 3.91. The molecule has 32 heavy (non-hydrogen) atoms. The maximum atomic E-state index is 13.3. The summed E-state index contributed by atoms with van der Waals surface area (Å²) in [5, 5.41) is 6.29. The highest BCUT2D eigenvalue weighted by atomic mass is 32.2. The van der Waals surface area contributed by atoms with Crippen LogP contribution in [0.4, 0.5) is 10.1 Å². The lowest BCUT2D eigenvalue weighted by molar-refractivity contribution is -0.113. The molecular weight excluding hydrogens is 419 g/mol. The van der Waals surface area contributed by atoms with Gasteiger partial charge in [0.2, 0.25) is 5.91 Å². The summed E-state index contributed by atoms with van der Waals surface area (Å²) in [6.07, 6.45) is 2.07. The number of hydrogen-bond donors (Lipinski definition) is 1. The number of hydrogen-bond acceptors (Lipinski definition) is 2. The highest BCUT2D eigenvalue weighted by molar-refractivity contribution is 8.00. The predicted octanol–water partition coefficient (Wildman–Crippen LogP) is 6.71. The van der Waals surface area contributed by atoms with Crippen LogP contribution in [0, 0.1) is 5.82 Å². The van der Waals surface area contributed by atoms with Crippen LogP contribution in [-0.2, 0) is 11.3 Å². The molecule has 0 aliphatic heterocycles. The van der Waals surface area contributed by atoms with Crippen molar-refractivity contribution in [3.63, 3.8) is 0 Å². The molecule has 0 bridgehead atoms. The Hall–Kier alpha value is -3.57. The van der Waals surface area contributed by atoms with E-state index in [1.807, 2.05) is 54.6 Å². The Labute approximate surface area is 189 Å². The lowest BCUT2D eigenvalue weighted by Gasteiger charge is -2.08. The van der Waals surface area contributed by atoms with E-state index >= 15 is 0 Å². The third kappa shape index (κ3) is 4.25. The number of carbonyl (C=O) groups is 1. The van der Waals surface area contributed by atoms with Gasteiger partial charge in [-0.3, -0.25) is 4.79 Å². The first-order chi connectivity index (χ1) is 15.7. The monoisotopic (exact) mass is 440 g/mol. The maximum Gasteiger partial charge on any atom is 0.234 e. The molecule has 5 heteroatoms. The van der Waals surface area contributed by atoms with Crippen LogP contribution >= 0.6 is 11.8 Å². The quantitative estimate of drug-likeness (QED) is 0.298. The molecule has 4 aromatic carbocycles. The van der Waals surface area contributed by atoms with E-state index in [-0.39, 0.29) is 11.7 Å². The summed E-state index contributed by atoms with van der Waals surface area (Å²) in [6, 6.07) is 28.6. The fraction of sp³-hybridized carbons (Fsp3) is 0.0741. The molecule has 0 atom stereocenters. The molecule has 3 nitrogen and oxygen atoms in total. The Morgan fingerprint density at radius 2 is 1.56 bits per heavy atom. The molecule has 158 valence electrons. The number of anilines is 1. The number of thioether (sulfide) groups is 1. The zero-order valence-electron chi connectivity index (χ0n) is 17.3. The minimum Gasteiger partial charge on any atom is -0.342 e. The van der Waals surface area contributed by atoms with Crippen molar-refractivity contribution >= 4 is 45.0 Å². The summed E-state index contributed by atoms with van der Waals surface area (Å²) in [7, 11) is 0. The van der Waals surface area contributed by atoms with E-state index in [1.54, 1.807) is 12.1 Å². The van der Waals surface area contributed by atoms with E-state index in [1.165, 1.54) is 23.9 Å².